The van der Waals surface area contributed by atoms with E-state index in [2.05, 4.69) is 20.6 Å². The molecule has 0 saturated heterocycles. The molecular weight excluding hydrogens is 349 g/mol. The summed E-state index contributed by atoms with van der Waals surface area (Å²) in [5.74, 6) is 0.666. The molecule has 25 heavy (non-hydrogen) atoms. The van der Waals surface area contributed by atoms with Gasteiger partial charge in [0.2, 0.25) is 0 Å². The van der Waals surface area contributed by atoms with Crippen LogP contribution < -0.4 is 10.6 Å². The van der Waals surface area contributed by atoms with Crippen LogP contribution in [-0.4, -0.2) is 31.1 Å². The van der Waals surface area contributed by atoms with Gasteiger partial charge in [0.05, 0.1) is 16.3 Å². The van der Waals surface area contributed by atoms with Crippen LogP contribution in [0, 0.1) is 6.92 Å². The maximum atomic E-state index is 12.5. The fraction of sp³-hybridized carbons (Fsp3) is 0.412. The van der Waals surface area contributed by atoms with Crippen molar-refractivity contribution in [3.63, 3.8) is 0 Å². The second-order valence-electron chi connectivity index (χ2n) is 5.48. The van der Waals surface area contributed by atoms with Gasteiger partial charge in [-0.05, 0) is 31.0 Å². The average Bonchev–Trinajstić information content (AvgIpc) is 2.98. The number of thiazole rings is 1. The Morgan fingerprint density at radius 2 is 1.76 bits per heavy atom. The lowest BCUT2D eigenvalue weighted by molar-refractivity contribution is -0.137. The van der Waals surface area contributed by atoms with E-state index in [0.717, 1.165) is 34.8 Å². The highest BCUT2D eigenvalue weighted by atomic mass is 32.1. The molecule has 1 aromatic heterocycles. The molecule has 0 amide bonds. The van der Waals surface area contributed by atoms with Crippen molar-refractivity contribution < 1.29 is 13.2 Å². The second-order valence-corrected chi connectivity index (χ2v) is 6.54. The van der Waals surface area contributed by atoms with Crippen molar-refractivity contribution in [2.45, 2.75) is 25.9 Å². The summed E-state index contributed by atoms with van der Waals surface area (Å²) in [6.07, 6.45) is -2.87. The highest BCUT2D eigenvalue weighted by molar-refractivity contribution is 7.09. The van der Waals surface area contributed by atoms with Crippen LogP contribution in [0.2, 0.25) is 0 Å². The van der Waals surface area contributed by atoms with E-state index in [0.29, 0.717) is 25.5 Å². The lowest BCUT2D eigenvalue weighted by atomic mass is 10.1. The molecule has 8 heteroatoms. The number of rotatable bonds is 6. The number of halogens is 3. The number of guanidine groups is 1. The van der Waals surface area contributed by atoms with E-state index in [1.54, 1.807) is 18.4 Å². The van der Waals surface area contributed by atoms with E-state index in [4.69, 9.17) is 0 Å². The summed E-state index contributed by atoms with van der Waals surface area (Å²) in [6, 6.07) is 5.23. The average molecular weight is 370 g/mol. The van der Waals surface area contributed by atoms with Gasteiger partial charge in [-0.2, -0.15) is 13.2 Å². The molecule has 4 nitrogen and oxygen atoms in total. The van der Waals surface area contributed by atoms with E-state index < -0.39 is 11.7 Å². The molecule has 0 atom stereocenters. The van der Waals surface area contributed by atoms with E-state index in [9.17, 15) is 13.2 Å². The van der Waals surface area contributed by atoms with Gasteiger partial charge in [-0.25, -0.2) is 4.98 Å². The fourth-order valence-electron chi connectivity index (χ4n) is 2.24. The van der Waals surface area contributed by atoms with Gasteiger partial charge >= 0.3 is 6.18 Å². The highest BCUT2D eigenvalue weighted by Crippen LogP contribution is 2.29. The number of nitrogens with one attached hydrogen (secondary N) is 2. The summed E-state index contributed by atoms with van der Waals surface area (Å²) in [7, 11) is 1.68. The summed E-state index contributed by atoms with van der Waals surface area (Å²) < 4.78 is 37.6. The Kier molecular flexibility index (Phi) is 6.81. The maximum absolute atomic E-state index is 12.5. The lowest BCUT2D eigenvalue weighted by Crippen LogP contribution is -2.39. The quantitative estimate of drug-likeness (QED) is 0.605. The van der Waals surface area contributed by atoms with Crippen LogP contribution in [0.1, 0.15) is 21.8 Å². The van der Waals surface area contributed by atoms with Crippen LogP contribution in [0.15, 0.2) is 34.6 Å². The molecule has 0 saturated carbocycles. The van der Waals surface area contributed by atoms with Gasteiger partial charge in [0.1, 0.15) is 0 Å². The molecule has 1 aromatic carbocycles. The van der Waals surface area contributed by atoms with Crippen LogP contribution in [0.25, 0.3) is 0 Å². The number of nitrogens with zero attached hydrogens (tertiary/aromatic N) is 2. The molecular formula is C17H21F3N4S. The van der Waals surface area contributed by atoms with Crippen molar-refractivity contribution in [1.82, 2.24) is 15.6 Å². The largest absolute Gasteiger partial charge is 0.416 e. The van der Waals surface area contributed by atoms with Crippen molar-refractivity contribution in [2.75, 3.05) is 20.1 Å². The monoisotopic (exact) mass is 370 g/mol. The number of aromatic nitrogens is 1. The molecule has 0 unspecified atom stereocenters. The van der Waals surface area contributed by atoms with Crippen LogP contribution >= 0.6 is 11.3 Å². The van der Waals surface area contributed by atoms with Gasteiger partial charge in [0.15, 0.2) is 5.96 Å². The zero-order valence-electron chi connectivity index (χ0n) is 14.2. The Labute approximate surface area is 149 Å². The third-order valence-corrected chi connectivity index (χ3v) is 4.37. The molecule has 0 radical (unpaired) electrons. The van der Waals surface area contributed by atoms with E-state index in [-0.39, 0.29) is 0 Å². The Hall–Kier alpha value is -2.09. The van der Waals surface area contributed by atoms with Crippen molar-refractivity contribution in [3.8, 4) is 0 Å². The summed E-state index contributed by atoms with van der Waals surface area (Å²) in [4.78, 5) is 8.53. The van der Waals surface area contributed by atoms with E-state index in [1.807, 2.05) is 12.3 Å². The smallest absolute Gasteiger partial charge is 0.356 e. The number of hydrogen-bond donors (Lipinski definition) is 2. The summed E-state index contributed by atoms with van der Waals surface area (Å²) >= 11 is 1.63. The Bertz CT molecular complexity index is 693. The molecule has 2 rings (SSSR count). The SMILES string of the molecule is CN=C(NCCc1ccc(C(F)(F)F)cc1)NCCc1csc(C)n1. The molecule has 2 N–H and O–H groups in total. The fourth-order valence-corrected chi connectivity index (χ4v) is 2.89. The molecule has 0 fully saturated rings. The van der Waals surface area contributed by atoms with Crippen LogP contribution in [0.5, 0.6) is 0 Å². The molecule has 0 bridgehead atoms. The minimum Gasteiger partial charge on any atom is -0.356 e. The minimum atomic E-state index is -4.29. The number of aryl methyl sites for hydroxylation is 1. The molecule has 1 heterocycles. The van der Waals surface area contributed by atoms with Crippen molar-refractivity contribution in [2.24, 2.45) is 4.99 Å². The predicted molar refractivity (Wildman–Crippen MR) is 95.1 cm³/mol. The van der Waals surface area contributed by atoms with Crippen LogP contribution in [0.4, 0.5) is 13.2 Å². The van der Waals surface area contributed by atoms with Gasteiger partial charge in [-0.15, -0.1) is 11.3 Å². The highest BCUT2D eigenvalue weighted by Gasteiger charge is 2.29. The van der Waals surface area contributed by atoms with Crippen LogP contribution in [-0.2, 0) is 19.0 Å². The van der Waals surface area contributed by atoms with Crippen molar-refractivity contribution in [3.05, 3.63) is 51.5 Å². The Balaban J connectivity index is 1.71. The van der Waals surface area contributed by atoms with E-state index in [1.165, 1.54) is 12.1 Å². The van der Waals surface area contributed by atoms with Gasteiger partial charge in [-0.3, -0.25) is 4.99 Å². The normalized spacial score (nSPS) is 12.3. The summed E-state index contributed by atoms with van der Waals surface area (Å²) in [5.41, 5.74) is 1.27. The molecule has 0 spiro atoms. The third kappa shape index (κ3) is 6.38. The molecule has 0 aliphatic carbocycles. The third-order valence-electron chi connectivity index (χ3n) is 3.55. The first-order valence-corrected chi connectivity index (χ1v) is 8.78. The number of hydrogen-bond acceptors (Lipinski definition) is 3. The zero-order chi connectivity index (χ0) is 18.3. The predicted octanol–water partition coefficient (Wildman–Crippen LogP) is 3.42. The lowest BCUT2D eigenvalue weighted by Gasteiger charge is -2.12. The summed E-state index contributed by atoms with van der Waals surface area (Å²) in [6.45, 7) is 3.27. The van der Waals surface area contributed by atoms with Crippen molar-refractivity contribution in [1.29, 1.82) is 0 Å². The molecule has 136 valence electrons. The minimum absolute atomic E-state index is 0.584. The second kappa shape index (κ2) is 8.84. The number of alkyl halides is 3. The first-order valence-electron chi connectivity index (χ1n) is 7.90. The summed E-state index contributed by atoms with van der Waals surface area (Å²) in [5, 5.41) is 9.44. The first-order chi connectivity index (χ1) is 11.9. The topological polar surface area (TPSA) is 49.3 Å². The molecule has 2 aromatic rings. The van der Waals surface area contributed by atoms with Gasteiger partial charge in [0.25, 0.3) is 0 Å². The molecule has 0 aliphatic heterocycles. The number of benzene rings is 1. The number of aliphatic imine (C=N–C) groups is 1. The Morgan fingerprint density at radius 3 is 2.28 bits per heavy atom. The molecule has 0 aliphatic rings. The van der Waals surface area contributed by atoms with Gasteiger partial charge < -0.3 is 10.6 Å². The zero-order valence-corrected chi connectivity index (χ0v) is 15.0. The van der Waals surface area contributed by atoms with Gasteiger partial charge in [0, 0.05) is 31.9 Å². The van der Waals surface area contributed by atoms with E-state index >= 15 is 0 Å². The Morgan fingerprint density at radius 1 is 1.12 bits per heavy atom. The van der Waals surface area contributed by atoms with Gasteiger partial charge in [-0.1, -0.05) is 12.1 Å². The van der Waals surface area contributed by atoms with Crippen LogP contribution in [0.3, 0.4) is 0 Å². The standard InChI is InChI=1S/C17H21F3N4S/c1-12-24-15(11-25-12)8-10-23-16(21-2)22-9-7-13-3-5-14(6-4-13)17(18,19)20/h3-6,11H,7-10H2,1-2H3,(H2,21,22,23). The first kappa shape index (κ1) is 19.2. The maximum Gasteiger partial charge on any atom is 0.416 e. The van der Waals surface area contributed by atoms with Crippen molar-refractivity contribution >= 4 is 17.3 Å².